The van der Waals surface area contributed by atoms with Crippen LogP contribution in [-0.4, -0.2) is 16.7 Å². The SMILES string of the molecule is O=C1C(=O)N(Cc2cscn2)c2c(Br)cccc21. The normalized spacial score (nSPS) is 14.2. The van der Waals surface area contributed by atoms with Gasteiger partial charge in [-0.3, -0.25) is 14.5 Å². The number of nitrogens with zero attached hydrogens (tertiary/aromatic N) is 2. The number of Topliss-reactive ketones (excluding diaryl/α,β-unsaturated/α-hetero) is 1. The van der Waals surface area contributed by atoms with E-state index in [1.54, 1.807) is 17.6 Å². The molecule has 0 unspecified atom stereocenters. The predicted molar refractivity (Wildman–Crippen MR) is 71.8 cm³/mol. The fourth-order valence-corrected chi connectivity index (χ4v) is 3.07. The van der Waals surface area contributed by atoms with E-state index in [1.165, 1.54) is 16.2 Å². The Labute approximate surface area is 115 Å². The summed E-state index contributed by atoms with van der Waals surface area (Å²) in [5.74, 6) is -0.952. The second kappa shape index (κ2) is 4.29. The molecule has 0 atom stereocenters. The third-order valence-corrected chi connectivity index (χ3v) is 4.02. The first-order valence-corrected chi connectivity index (χ1v) is 6.94. The molecule has 1 aromatic carbocycles. The fraction of sp³-hybridized carbons (Fsp3) is 0.0833. The van der Waals surface area contributed by atoms with E-state index in [2.05, 4.69) is 20.9 Å². The monoisotopic (exact) mass is 322 g/mol. The summed E-state index contributed by atoms with van der Waals surface area (Å²) in [4.78, 5) is 29.4. The molecule has 6 heteroatoms. The Balaban J connectivity index is 2.07. The molecule has 0 saturated heterocycles. The number of aromatic nitrogens is 1. The molecular weight excluding hydrogens is 316 g/mol. The van der Waals surface area contributed by atoms with Crippen molar-refractivity contribution in [3.8, 4) is 0 Å². The van der Waals surface area contributed by atoms with Gasteiger partial charge in [-0.1, -0.05) is 6.07 Å². The first-order valence-electron chi connectivity index (χ1n) is 5.20. The molecule has 18 heavy (non-hydrogen) atoms. The van der Waals surface area contributed by atoms with Gasteiger partial charge in [-0.15, -0.1) is 11.3 Å². The molecule has 1 aliphatic rings. The number of amides is 1. The number of carbonyl (C=O) groups is 2. The highest BCUT2D eigenvalue weighted by Gasteiger charge is 2.37. The molecule has 0 spiro atoms. The van der Waals surface area contributed by atoms with Crippen molar-refractivity contribution in [3.63, 3.8) is 0 Å². The number of benzene rings is 1. The Bertz CT molecular complexity index is 640. The summed E-state index contributed by atoms with van der Waals surface area (Å²) in [6, 6.07) is 5.24. The van der Waals surface area contributed by atoms with Crippen molar-refractivity contribution in [3.05, 3.63) is 44.8 Å². The smallest absolute Gasteiger partial charge is 0.298 e. The van der Waals surface area contributed by atoms with E-state index < -0.39 is 11.7 Å². The average molecular weight is 323 g/mol. The summed E-state index contributed by atoms with van der Waals surface area (Å²) >= 11 is 4.85. The van der Waals surface area contributed by atoms with Crippen LogP contribution in [0.3, 0.4) is 0 Å². The highest BCUT2D eigenvalue weighted by molar-refractivity contribution is 9.10. The summed E-state index contributed by atoms with van der Waals surface area (Å²) in [5.41, 5.74) is 3.58. The maximum atomic E-state index is 12.0. The Morgan fingerprint density at radius 2 is 2.17 bits per heavy atom. The van der Waals surface area contributed by atoms with Crippen LogP contribution in [0.1, 0.15) is 16.1 Å². The van der Waals surface area contributed by atoms with E-state index in [1.807, 2.05) is 11.4 Å². The minimum atomic E-state index is -0.495. The number of halogens is 1. The third-order valence-electron chi connectivity index (χ3n) is 2.74. The zero-order valence-corrected chi connectivity index (χ0v) is 11.5. The van der Waals surface area contributed by atoms with Crippen molar-refractivity contribution in [2.24, 2.45) is 0 Å². The molecule has 3 rings (SSSR count). The van der Waals surface area contributed by atoms with Gasteiger partial charge >= 0.3 is 0 Å². The molecule has 4 nitrogen and oxygen atoms in total. The van der Waals surface area contributed by atoms with Gasteiger partial charge in [-0.2, -0.15) is 0 Å². The summed E-state index contributed by atoms with van der Waals surface area (Å²) in [6.07, 6.45) is 0. The lowest BCUT2D eigenvalue weighted by atomic mass is 10.1. The van der Waals surface area contributed by atoms with Crippen molar-refractivity contribution in [1.82, 2.24) is 4.98 Å². The van der Waals surface area contributed by atoms with Crippen molar-refractivity contribution in [1.29, 1.82) is 0 Å². The number of anilines is 1. The van der Waals surface area contributed by atoms with Gasteiger partial charge in [0.25, 0.3) is 11.7 Å². The molecule has 1 aliphatic heterocycles. The van der Waals surface area contributed by atoms with Crippen LogP contribution < -0.4 is 4.90 Å². The van der Waals surface area contributed by atoms with E-state index in [9.17, 15) is 9.59 Å². The summed E-state index contributed by atoms with van der Waals surface area (Å²) < 4.78 is 0.745. The average Bonchev–Trinajstić information content (AvgIpc) is 2.94. The number of hydrogen-bond donors (Lipinski definition) is 0. The zero-order chi connectivity index (χ0) is 12.7. The van der Waals surface area contributed by atoms with Crippen LogP contribution in [-0.2, 0) is 11.3 Å². The Hall–Kier alpha value is -1.53. The van der Waals surface area contributed by atoms with Crippen LogP contribution in [0.15, 0.2) is 33.6 Å². The van der Waals surface area contributed by atoms with Gasteiger partial charge in [0.2, 0.25) is 0 Å². The van der Waals surface area contributed by atoms with Crippen LogP contribution in [0.2, 0.25) is 0 Å². The minimum absolute atomic E-state index is 0.323. The van der Waals surface area contributed by atoms with E-state index in [4.69, 9.17) is 0 Å². The van der Waals surface area contributed by atoms with Gasteiger partial charge < -0.3 is 0 Å². The van der Waals surface area contributed by atoms with E-state index in [-0.39, 0.29) is 0 Å². The lowest BCUT2D eigenvalue weighted by Crippen LogP contribution is -2.29. The fourth-order valence-electron chi connectivity index (χ4n) is 1.94. The number of fused-ring (bicyclic) bond motifs is 1. The highest BCUT2D eigenvalue weighted by atomic mass is 79.9. The third kappa shape index (κ3) is 1.69. The van der Waals surface area contributed by atoms with Gasteiger partial charge in [-0.25, -0.2) is 4.98 Å². The number of para-hydroxylation sites is 1. The van der Waals surface area contributed by atoms with Crippen LogP contribution in [0.5, 0.6) is 0 Å². The van der Waals surface area contributed by atoms with E-state index >= 15 is 0 Å². The Kier molecular flexibility index (Phi) is 2.76. The van der Waals surface area contributed by atoms with E-state index in [0.29, 0.717) is 17.8 Å². The van der Waals surface area contributed by atoms with Crippen LogP contribution in [0.4, 0.5) is 5.69 Å². The second-order valence-corrected chi connectivity index (χ2v) is 5.41. The molecule has 0 saturated carbocycles. The lowest BCUT2D eigenvalue weighted by molar-refractivity contribution is -0.114. The first-order chi connectivity index (χ1) is 8.68. The summed E-state index contributed by atoms with van der Waals surface area (Å²) in [6.45, 7) is 0.323. The van der Waals surface area contributed by atoms with Gasteiger partial charge in [-0.05, 0) is 28.1 Å². The van der Waals surface area contributed by atoms with E-state index in [0.717, 1.165) is 10.2 Å². The summed E-state index contributed by atoms with van der Waals surface area (Å²) in [5, 5.41) is 1.87. The molecule has 0 aliphatic carbocycles. The van der Waals surface area contributed by atoms with Gasteiger partial charge in [0.15, 0.2) is 0 Å². The molecule has 0 N–H and O–H groups in total. The molecule has 2 heterocycles. The Morgan fingerprint density at radius 3 is 2.89 bits per heavy atom. The van der Waals surface area contributed by atoms with Gasteiger partial charge in [0.05, 0.1) is 29.0 Å². The number of carbonyl (C=O) groups excluding carboxylic acids is 2. The van der Waals surface area contributed by atoms with Crippen LogP contribution in [0, 0.1) is 0 Å². The van der Waals surface area contributed by atoms with Crippen LogP contribution >= 0.6 is 27.3 Å². The molecule has 90 valence electrons. The number of thiazole rings is 1. The van der Waals surface area contributed by atoms with Gasteiger partial charge in [0.1, 0.15) is 0 Å². The topological polar surface area (TPSA) is 50.3 Å². The van der Waals surface area contributed by atoms with Crippen molar-refractivity contribution < 1.29 is 9.59 Å². The molecule has 0 radical (unpaired) electrons. The van der Waals surface area contributed by atoms with Gasteiger partial charge in [0, 0.05) is 9.85 Å². The maximum Gasteiger partial charge on any atom is 0.299 e. The molecular formula is C12H7BrN2O2S. The summed E-state index contributed by atoms with van der Waals surface area (Å²) in [7, 11) is 0. The van der Waals surface area contributed by atoms with Crippen molar-refractivity contribution in [2.75, 3.05) is 4.90 Å². The first kappa shape index (κ1) is 11.6. The van der Waals surface area contributed by atoms with Crippen molar-refractivity contribution in [2.45, 2.75) is 6.54 Å². The molecule has 0 bridgehead atoms. The number of hydrogen-bond acceptors (Lipinski definition) is 4. The molecule has 2 aromatic rings. The standard InChI is InChI=1S/C12H7BrN2O2S/c13-9-3-1-2-8-10(9)15(12(17)11(8)16)4-7-5-18-6-14-7/h1-3,5-6H,4H2. The highest BCUT2D eigenvalue weighted by Crippen LogP contribution is 2.36. The lowest BCUT2D eigenvalue weighted by Gasteiger charge is -2.16. The quantitative estimate of drug-likeness (QED) is 0.799. The second-order valence-electron chi connectivity index (χ2n) is 3.84. The number of ketones is 1. The Morgan fingerprint density at radius 1 is 1.33 bits per heavy atom. The molecule has 1 amide bonds. The predicted octanol–water partition coefficient (Wildman–Crippen LogP) is 2.64. The molecule has 1 aromatic heterocycles. The van der Waals surface area contributed by atoms with Crippen molar-refractivity contribution >= 4 is 44.6 Å². The number of rotatable bonds is 2. The zero-order valence-electron chi connectivity index (χ0n) is 9.09. The van der Waals surface area contributed by atoms with Crippen LogP contribution in [0.25, 0.3) is 0 Å². The largest absolute Gasteiger partial charge is 0.299 e. The maximum absolute atomic E-state index is 12.0. The minimum Gasteiger partial charge on any atom is -0.298 e. The molecule has 0 fully saturated rings.